The third-order valence-electron chi connectivity index (χ3n) is 9.67. The second kappa shape index (κ2) is 44.3. The lowest BCUT2D eigenvalue weighted by molar-refractivity contribution is -0.161. The predicted molar refractivity (Wildman–Crippen MR) is 243 cm³/mol. The summed E-state index contributed by atoms with van der Waals surface area (Å²) in [7, 11) is -4.38. The van der Waals surface area contributed by atoms with Crippen LogP contribution in [0, 0.1) is 0 Å². The molecule has 0 aliphatic carbocycles. The third-order valence-corrected chi connectivity index (χ3v) is 10.7. The lowest BCUT2D eigenvalue weighted by atomic mass is 10.0. The van der Waals surface area contributed by atoms with E-state index in [2.05, 4.69) is 74.6 Å². The molecule has 58 heavy (non-hydrogen) atoms. The maximum atomic E-state index is 12.6. The van der Waals surface area contributed by atoms with E-state index in [-0.39, 0.29) is 38.6 Å². The Balaban J connectivity index is 4.12. The van der Waals surface area contributed by atoms with Crippen molar-refractivity contribution in [2.75, 3.05) is 26.4 Å². The zero-order valence-corrected chi connectivity index (χ0v) is 37.9. The molecule has 0 rings (SSSR count). The molecule has 2 atom stereocenters. The van der Waals surface area contributed by atoms with Crippen LogP contribution >= 0.6 is 7.82 Å². The summed E-state index contributed by atoms with van der Waals surface area (Å²) in [6.07, 6.45) is 52.5. The highest BCUT2D eigenvalue weighted by Gasteiger charge is 2.26. The molecule has 0 aromatic rings. The van der Waals surface area contributed by atoms with Gasteiger partial charge in [0.15, 0.2) is 6.10 Å². The van der Waals surface area contributed by atoms with E-state index in [4.69, 9.17) is 24.3 Å². The first kappa shape index (κ1) is 55.7. The minimum atomic E-state index is -4.38. The van der Waals surface area contributed by atoms with E-state index in [9.17, 15) is 19.0 Å². The molecule has 3 N–H and O–H groups in total. The van der Waals surface area contributed by atoms with Crippen LogP contribution in [0.3, 0.4) is 0 Å². The second-order valence-corrected chi connectivity index (χ2v) is 16.7. The van der Waals surface area contributed by atoms with Crippen molar-refractivity contribution in [2.24, 2.45) is 5.73 Å². The molecule has 0 radical (unpaired) electrons. The van der Waals surface area contributed by atoms with E-state index >= 15 is 0 Å². The molecule has 0 saturated carbocycles. The summed E-state index contributed by atoms with van der Waals surface area (Å²) >= 11 is 0. The van der Waals surface area contributed by atoms with Crippen molar-refractivity contribution in [3.05, 3.63) is 60.8 Å². The van der Waals surface area contributed by atoms with Crippen molar-refractivity contribution in [1.82, 2.24) is 0 Å². The Hall–Kier alpha value is -2.29. The Morgan fingerprint density at radius 1 is 0.534 bits per heavy atom. The summed E-state index contributed by atoms with van der Waals surface area (Å²) in [5.41, 5.74) is 5.35. The van der Waals surface area contributed by atoms with E-state index < -0.39 is 26.5 Å². The first-order valence-corrected chi connectivity index (χ1v) is 24.8. The molecular formula is C48H86NO8P. The number of rotatable bonds is 43. The van der Waals surface area contributed by atoms with Gasteiger partial charge in [0, 0.05) is 19.4 Å². The fourth-order valence-corrected chi connectivity index (χ4v) is 7.01. The molecule has 0 aromatic carbocycles. The van der Waals surface area contributed by atoms with E-state index in [1.807, 2.05) is 0 Å². The molecule has 2 unspecified atom stereocenters. The van der Waals surface area contributed by atoms with Crippen LogP contribution in [0.1, 0.15) is 200 Å². The van der Waals surface area contributed by atoms with Crippen LogP contribution in [0.5, 0.6) is 0 Å². The predicted octanol–water partition coefficient (Wildman–Crippen LogP) is 13.7. The summed E-state index contributed by atoms with van der Waals surface area (Å²) in [6, 6.07) is 0. The highest BCUT2D eigenvalue weighted by molar-refractivity contribution is 7.47. The van der Waals surface area contributed by atoms with Crippen molar-refractivity contribution in [3.8, 4) is 0 Å². The molecule has 0 bridgehead atoms. The number of carbonyl (C=O) groups is 2. The summed E-state index contributed by atoms with van der Waals surface area (Å²) in [6.45, 7) is 3.61. The van der Waals surface area contributed by atoms with Gasteiger partial charge in [0.1, 0.15) is 6.61 Å². The number of carbonyl (C=O) groups excluding carboxylic acids is 2. The molecule has 0 amide bonds. The van der Waals surface area contributed by atoms with Crippen LogP contribution in [0.15, 0.2) is 60.8 Å². The maximum absolute atomic E-state index is 12.6. The Morgan fingerprint density at radius 2 is 0.948 bits per heavy atom. The van der Waals surface area contributed by atoms with Crippen LogP contribution in [-0.2, 0) is 32.7 Å². The van der Waals surface area contributed by atoms with Gasteiger partial charge in [-0.2, -0.15) is 0 Å². The van der Waals surface area contributed by atoms with Crippen LogP contribution in [0.4, 0.5) is 0 Å². The fraction of sp³-hybridized carbons (Fsp3) is 0.750. The average molecular weight is 836 g/mol. The Morgan fingerprint density at radius 3 is 1.41 bits per heavy atom. The van der Waals surface area contributed by atoms with Gasteiger partial charge in [-0.3, -0.25) is 18.6 Å². The average Bonchev–Trinajstić information content (AvgIpc) is 3.21. The molecule has 10 heteroatoms. The smallest absolute Gasteiger partial charge is 0.462 e. The Labute approximate surface area is 355 Å². The summed E-state index contributed by atoms with van der Waals surface area (Å²) in [5, 5.41) is 0. The summed E-state index contributed by atoms with van der Waals surface area (Å²) in [4.78, 5) is 34.9. The minimum absolute atomic E-state index is 0.0499. The standard InChI is InChI=1S/C48H86NO8P/c1-3-5-7-9-11-13-15-17-19-20-21-22-23-24-25-26-27-29-31-33-35-37-39-41-48(51)57-46(45-56-58(52,53)55-43-42-49)44-54-47(50)40-38-36-34-32-30-28-18-16-14-12-10-8-6-4-2/h5,7,11,13,17,19,21-22,24-25,46H,3-4,6,8-10,12,14-16,18,20,23,26-45,49H2,1-2H3,(H,52,53)/b7-5-,13-11-,19-17-,22-21-,25-24-. The van der Waals surface area contributed by atoms with Gasteiger partial charge in [-0.05, 0) is 57.8 Å². The van der Waals surface area contributed by atoms with Gasteiger partial charge in [-0.1, -0.05) is 190 Å². The maximum Gasteiger partial charge on any atom is 0.472 e. The molecule has 0 saturated heterocycles. The first-order valence-electron chi connectivity index (χ1n) is 23.3. The summed E-state index contributed by atoms with van der Waals surface area (Å²) in [5.74, 6) is -0.839. The topological polar surface area (TPSA) is 134 Å². The highest BCUT2D eigenvalue weighted by Crippen LogP contribution is 2.43. The van der Waals surface area contributed by atoms with Gasteiger partial charge in [0.25, 0.3) is 0 Å². The van der Waals surface area contributed by atoms with Gasteiger partial charge >= 0.3 is 19.8 Å². The van der Waals surface area contributed by atoms with Gasteiger partial charge in [0.05, 0.1) is 13.2 Å². The Kier molecular flexibility index (Phi) is 42.5. The number of allylic oxidation sites excluding steroid dienone is 10. The lowest BCUT2D eigenvalue weighted by Gasteiger charge is -2.19. The van der Waals surface area contributed by atoms with Crippen molar-refractivity contribution < 1.29 is 37.6 Å². The molecule has 336 valence electrons. The molecule has 0 aliphatic heterocycles. The van der Waals surface area contributed by atoms with Gasteiger partial charge in [0.2, 0.25) is 0 Å². The second-order valence-electron chi connectivity index (χ2n) is 15.2. The number of ether oxygens (including phenoxy) is 2. The van der Waals surface area contributed by atoms with Crippen LogP contribution < -0.4 is 5.73 Å². The quantitative estimate of drug-likeness (QED) is 0.0266. The number of phosphoric acid groups is 1. The van der Waals surface area contributed by atoms with Crippen molar-refractivity contribution in [3.63, 3.8) is 0 Å². The Bertz CT molecular complexity index is 1130. The molecule has 0 heterocycles. The molecular weight excluding hydrogens is 750 g/mol. The van der Waals surface area contributed by atoms with Crippen molar-refractivity contribution >= 4 is 19.8 Å². The number of phosphoric ester groups is 1. The van der Waals surface area contributed by atoms with Gasteiger partial charge in [-0.15, -0.1) is 0 Å². The largest absolute Gasteiger partial charge is 0.472 e. The van der Waals surface area contributed by atoms with Gasteiger partial charge < -0.3 is 20.1 Å². The fourth-order valence-electron chi connectivity index (χ4n) is 6.25. The molecule has 9 nitrogen and oxygen atoms in total. The van der Waals surface area contributed by atoms with Crippen LogP contribution in [0.2, 0.25) is 0 Å². The number of hydrogen-bond acceptors (Lipinski definition) is 8. The molecule has 0 aromatic heterocycles. The zero-order chi connectivity index (χ0) is 42.5. The number of nitrogens with two attached hydrogens (primary N) is 1. The summed E-state index contributed by atoms with van der Waals surface area (Å²) < 4.78 is 32.8. The molecule has 0 fully saturated rings. The van der Waals surface area contributed by atoms with Crippen LogP contribution in [-0.4, -0.2) is 49.3 Å². The third kappa shape index (κ3) is 43.3. The van der Waals surface area contributed by atoms with E-state index in [1.54, 1.807) is 0 Å². The van der Waals surface area contributed by atoms with Crippen LogP contribution in [0.25, 0.3) is 0 Å². The minimum Gasteiger partial charge on any atom is -0.462 e. The monoisotopic (exact) mass is 836 g/mol. The highest BCUT2D eigenvalue weighted by atomic mass is 31.2. The van der Waals surface area contributed by atoms with E-state index in [0.717, 1.165) is 77.0 Å². The lowest BCUT2D eigenvalue weighted by Crippen LogP contribution is -2.29. The molecule has 0 aliphatic rings. The molecule has 0 spiro atoms. The number of esters is 2. The van der Waals surface area contributed by atoms with E-state index in [1.165, 1.54) is 89.9 Å². The number of unbranched alkanes of at least 4 members (excludes halogenated alkanes) is 20. The van der Waals surface area contributed by atoms with Crippen molar-refractivity contribution in [1.29, 1.82) is 0 Å². The zero-order valence-electron chi connectivity index (χ0n) is 37.0. The first-order chi connectivity index (χ1) is 28.3. The van der Waals surface area contributed by atoms with Gasteiger partial charge in [-0.25, -0.2) is 4.57 Å². The SMILES string of the molecule is CC/C=C\C/C=C\C/C=C\C/C=C\C/C=C\CCCCCCCCCC(=O)OC(COC(=O)CCCCCCCCCCCCCCCC)COP(=O)(O)OCCN. The number of hydrogen-bond donors (Lipinski definition) is 2. The normalized spacial score (nSPS) is 13.8. The van der Waals surface area contributed by atoms with E-state index in [0.29, 0.717) is 6.42 Å². The van der Waals surface area contributed by atoms with Crippen molar-refractivity contribution in [2.45, 2.75) is 206 Å².